The summed E-state index contributed by atoms with van der Waals surface area (Å²) in [7, 11) is 1.53. The van der Waals surface area contributed by atoms with Crippen LogP contribution in [0.3, 0.4) is 0 Å². The standard InChI is InChI=1S/C27H27NO5/c1-18(2)17-28-23-12-8-7-11-22(23)27(26(28)31,33-25(30)19-9-5-4-6-10-19)16-20-15-21(32-3)13-14-24(20)29/h4-15,18,29H,16-17H2,1-3H3. The lowest BCUT2D eigenvalue weighted by Crippen LogP contribution is -2.46. The first kappa shape index (κ1) is 22.4. The molecular formula is C27H27NO5. The Labute approximate surface area is 193 Å². The third-order valence-corrected chi connectivity index (χ3v) is 5.77. The quantitative estimate of drug-likeness (QED) is 0.534. The molecule has 0 bridgehead atoms. The number of methoxy groups -OCH3 is 1. The van der Waals surface area contributed by atoms with Gasteiger partial charge in [0.15, 0.2) is 0 Å². The summed E-state index contributed by atoms with van der Waals surface area (Å²) in [4.78, 5) is 28.9. The Morgan fingerprint density at radius 3 is 2.42 bits per heavy atom. The maximum atomic E-state index is 14.0. The van der Waals surface area contributed by atoms with Crippen molar-refractivity contribution in [2.24, 2.45) is 5.92 Å². The van der Waals surface area contributed by atoms with E-state index in [1.54, 1.807) is 47.4 Å². The highest BCUT2D eigenvalue weighted by atomic mass is 16.6. The highest BCUT2D eigenvalue weighted by Crippen LogP contribution is 2.46. The second kappa shape index (κ2) is 8.98. The number of phenolic OH excluding ortho intramolecular Hbond substituents is 1. The normalized spacial score (nSPS) is 17.2. The molecule has 0 saturated carbocycles. The van der Waals surface area contributed by atoms with Crippen molar-refractivity contribution in [3.05, 3.63) is 89.5 Å². The molecule has 0 fully saturated rings. The molecule has 4 rings (SSSR count). The van der Waals surface area contributed by atoms with E-state index in [0.29, 0.717) is 34.7 Å². The van der Waals surface area contributed by atoms with Crippen LogP contribution in [0, 0.1) is 5.92 Å². The number of nitrogens with zero attached hydrogens (tertiary/aromatic N) is 1. The summed E-state index contributed by atoms with van der Waals surface area (Å²) < 4.78 is 11.4. The molecule has 6 nitrogen and oxygen atoms in total. The van der Waals surface area contributed by atoms with Crippen LogP contribution in [0.4, 0.5) is 5.69 Å². The van der Waals surface area contributed by atoms with Gasteiger partial charge in [0.2, 0.25) is 5.60 Å². The van der Waals surface area contributed by atoms with Crippen LogP contribution in [0.2, 0.25) is 0 Å². The first-order chi connectivity index (χ1) is 15.9. The molecule has 1 atom stereocenters. The van der Waals surface area contributed by atoms with E-state index >= 15 is 0 Å². The number of anilines is 1. The number of hydrogen-bond donors (Lipinski definition) is 1. The molecule has 0 saturated heterocycles. The number of rotatable bonds is 7. The number of esters is 1. The van der Waals surface area contributed by atoms with Crippen LogP contribution in [0.1, 0.15) is 35.3 Å². The van der Waals surface area contributed by atoms with E-state index in [-0.39, 0.29) is 24.0 Å². The molecule has 3 aromatic rings. The lowest BCUT2D eigenvalue weighted by Gasteiger charge is -2.30. The molecule has 0 aliphatic carbocycles. The number of hydrogen-bond acceptors (Lipinski definition) is 5. The van der Waals surface area contributed by atoms with Gasteiger partial charge in [-0.15, -0.1) is 0 Å². The van der Waals surface area contributed by atoms with Gasteiger partial charge < -0.3 is 19.5 Å². The molecule has 1 N–H and O–H groups in total. The van der Waals surface area contributed by atoms with Gasteiger partial charge in [-0.25, -0.2) is 4.79 Å². The van der Waals surface area contributed by atoms with Gasteiger partial charge in [0, 0.05) is 24.1 Å². The SMILES string of the molecule is COc1ccc(O)c(CC2(OC(=O)c3ccccc3)C(=O)N(CC(C)C)c3ccccc32)c1. The average Bonchev–Trinajstić information content (AvgIpc) is 3.03. The van der Waals surface area contributed by atoms with E-state index in [4.69, 9.17) is 9.47 Å². The molecule has 1 aliphatic heterocycles. The molecule has 0 aromatic heterocycles. The zero-order valence-electron chi connectivity index (χ0n) is 18.9. The van der Waals surface area contributed by atoms with Gasteiger partial charge in [-0.2, -0.15) is 0 Å². The topological polar surface area (TPSA) is 76.1 Å². The number of benzene rings is 3. The van der Waals surface area contributed by atoms with E-state index in [0.717, 1.165) is 0 Å². The Kier molecular flexibility index (Phi) is 6.09. The number of fused-ring (bicyclic) bond motifs is 1. The lowest BCUT2D eigenvalue weighted by molar-refractivity contribution is -0.137. The molecule has 1 aliphatic rings. The molecule has 33 heavy (non-hydrogen) atoms. The summed E-state index contributed by atoms with van der Waals surface area (Å²) >= 11 is 0. The Morgan fingerprint density at radius 1 is 1.03 bits per heavy atom. The number of phenols is 1. The third-order valence-electron chi connectivity index (χ3n) is 5.77. The first-order valence-electron chi connectivity index (χ1n) is 10.9. The Hall–Kier alpha value is -3.80. The smallest absolute Gasteiger partial charge is 0.339 e. The van der Waals surface area contributed by atoms with Crippen molar-refractivity contribution in [2.45, 2.75) is 25.9 Å². The largest absolute Gasteiger partial charge is 0.508 e. The minimum atomic E-state index is -1.62. The molecule has 0 radical (unpaired) electrons. The Bertz CT molecular complexity index is 1170. The predicted octanol–water partition coefficient (Wildman–Crippen LogP) is 4.70. The number of carbonyl (C=O) groups excluding carboxylic acids is 2. The number of para-hydroxylation sites is 1. The fourth-order valence-corrected chi connectivity index (χ4v) is 4.24. The molecule has 6 heteroatoms. The van der Waals surface area contributed by atoms with Crippen LogP contribution in [0.5, 0.6) is 11.5 Å². The number of amides is 1. The van der Waals surface area contributed by atoms with Crippen molar-refractivity contribution in [1.29, 1.82) is 0 Å². The fraction of sp³-hybridized carbons (Fsp3) is 0.259. The van der Waals surface area contributed by atoms with Gasteiger partial charge in [-0.3, -0.25) is 4.79 Å². The monoisotopic (exact) mass is 445 g/mol. The number of ether oxygens (including phenoxy) is 2. The van der Waals surface area contributed by atoms with Crippen LogP contribution in [-0.4, -0.2) is 30.6 Å². The predicted molar refractivity (Wildman–Crippen MR) is 126 cm³/mol. The van der Waals surface area contributed by atoms with E-state index in [9.17, 15) is 14.7 Å². The van der Waals surface area contributed by atoms with E-state index < -0.39 is 11.6 Å². The van der Waals surface area contributed by atoms with Gasteiger partial charge >= 0.3 is 5.97 Å². The average molecular weight is 446 g/mol. The summed E-state index contributed by atoms with van der Waals surface area (Å²) in [5.41, 5.74) is 0.480. The van der Waals surface area contributed by atoms with Gasteiger partial charge in [0.1, 0.15) is 11.5 Å². The molecule has 3 aromatic carbocycles. The van der Waals surface area contributed by atoms with Crippen molar-refractivity contribution in [1.82, 2.24) is 0 Å². The van der Waals surface area contributed by atoms with Crippen molar-refractivity contribution in [3.63, 3.8) is 0 Å². The van der Waals surface area contributed by atoms with Crippen LogP contribution >= 0.6 is 0 Å². The maximum Gasteiger partial charge on any atom is 0.339 e. The fourth-order valence-electron chi connectivity index (χ4n) is 4.24. The van der Waals surface area contributed by atoms with Crippen LogP contribution < -0.4 is 9.64 Å². The van der Waals surface area contributed by atoms with E-state index in [2.05, 4.69) is 0 Å². The Balaban J connectivity index is 1.86. The molecule has 1 heterocycles. The zero-order chi connectivity index (χ0) is 23.6. The van der Waals surface area contributed by atoms with Crippen molar-refractivity contribution >= 4 is 17.6 Å². The highest BCUT2D eigenvalue weighted by Gasteiger charge is 2.54. The van der Waals surface area contributed by atoms with Crippen molar-refractivity contribution in [3.8, 4) is 11.5 Å². The summed E-state index contributed by atoms with van der Waals surface area (Å²) in [5, 5.41) is 10.6. The van der Waals surface area contributed by atoms with Crippen LogP contribution in [0.15, 0.2) is 72.8 Å². The minimum absolute atomic E-state index is 0.00137. The van der Waals surface area contributed by atoms with Gasteiger partial charge in [0.05, 0.1) is 18.4 Å². The third kappa shape index (κ3) is 4.16. The second-order valence-corrected chi connectivity index (χ2v) is 8.58. The maximum absolute atomic E-state index is 14.0. The first-order valence-corrected chi connectivity index (χ1v) is 10.9. The van der Waals surface area contributed by atoms with Gasteiger partial charge in [0.25, 0.3) is 5.91 Å². The molecule has 1 amide bonds. The zero-order valence-corrected chi connectivity index (χ0v) is 18.9. The lowest BCUT2D eigenvalue weighted by atomic mass is 9.87. The molecule has 0 spiro atoms. The minimum Gasteiger partial charge on any atom is -0.508 e. The highest BCUT2D eigenvalue weighted by molar-refractivity contribution is 6.09. The van der Waals surface area contributed by atoms with Gasteiger partial charge in [-0.05, 0) is 42.3 Å². The van der Waals surface area contributed by atoms with Crippen LogP contribution in [0.25, 0.3) is 0 Å². The summed E-state index contributed by atoms with van der Waals surface area (Å²) in [5.74, 6) is -0.201. The second-order valence-electron chi connectivity index (χ2n) is 8.58. The van der Waals surface area contributed by atoms with Crippen LogP contribution in [-0.2, 0) is 21.6 Å². The molecular weight excluding hydrogens is 418 g/mol. The number of carbonyl (C=O) groups is 2. The summed E-state index contributed by atoms with van der Waals surface area (Å²) in [6, 6.07) is 20.7. The van der Waals surface area contributed by atoms with E-state index in [1.165, 1.54) is 13.2 Å². The van der Waals surface area contributed by atoms with Crippen molar-refractivity contribution < 1.29 is 24.2 Å². The van der Waals surface area contributed by atoms with Crippen molar-refractivity contribution in [2.75, 3.05) is 18.6 Å². The molecule has 170 valence electrons. The summed E-state index contributed by atoms with van der Waals surface area (Å²) in [6.07, 6.45) is -0.0287. The molecule has 1 unspecified atom stereocenters. The number of aromatic hydroxyl groups is 1. The van der Waals surface area contributed by atoms with Gasteiger partial charge in [-0.1, -0.05) is 50.2 Å². The summed E-state index contributed by atoms with van der Waals surface area (Å²) in [6.45, 7) is 4.53. The Morgan fingerprint density at radius 2 is 1.73 bits per heavy atom. The van der Waals surface area contributed by atoms with E-state index in [1.807, 2.05) is 38.1 Å².